The molecule has 0 spiro atoms. The molecule has 2 heterocycles. The fourth-order valence-electron chi connectivity index (χ4n) is 2.74. The summed E-state index contributed by atoms with van der Waals surface area (Å²) < 4.78 is 0. The van der Waals surface area contributed by atoms with E-state index in [0.29, 0.717) is 17.7 Å². The van der Waals surface area contributed by atoms with E-state index < -0.39 is 0 Å². The van der Waals surface area contributed by atoms with E-state index in [9.17, 15) is 4.79 Å². The Bertz CT molecular complexity index is 277. The zero-order chi connectivity index (χ0) is 12.4. The molecule has 1 N–H and O–H groups in total. The van der Waals surface area contributed by atoms with E-state index in [1.807, 2.05) is 11.8 Å². The molecule has 3 unspecified atom stereocenters. The zero-order valence-corrected chi connectivity index (χ0v) is 11.9. The zero-order valence-electron chi connectivity index (χ0n) is 11.1. The van der Waals surface area contributed by atoms with Crippen molar-refractivity contribution in [3.8, 4) is 0 Å². The van der Waals surface area contributed by atoms with Gasteiger partial charge in [0.25, 0.3) is 0 Å². The van der Waals surface area contributed by atoms with E-state index in [2.05, 4.69) is 31.0 Å². The highest BCUT2D eigenvalue weighted by Crippen LogP contribution is 2.26. The average molecular weight is 256 g/mol. The summed E-state index contributed by atoms with van der Waals surface area (Å²) in [6.45, 7) is 7.42. The lowest BCUT2D eigenvalue weighted by molar-refractivity contribution is -0.130. The van der Waals surface area contributed by atoms with Gasteiger partial charge in [-0.15, -0.1) is 0 Å². The van der Waals surface area contributed by atoms with Crippen LogP contribution in [0.25, 0.3) is 0 Å². The largest absolute Gasteiger partial charge is 0.326 e. The molecule has 98 valence electrons. The van der Waals surface area contributed by atoms with Crippen LogP contribution in [0.5, 0.6) is 0 Å². The summed E-state index contributed by atoms with van der Waals surface area (Å²) >= 11 is 2.02. The number of rotatable bonds is 4. The summed E-state index contributed by atoms with van der Waals surface area (Å²) in [5, 5.41) is 3.43. The molecule has 2 fully saturated rings. The summed E-state index contributed by atoms with van der Waals surface area (Å²) in [6.07, 6.45) is 2.45. The number of carbonyl (C=O) groups is 1. The predicted molar refractivity (Wildman–Crippen MR) is 73.0 cm³/mol. The lowest BCUT2D eigenvalue weighted by Crippen LogP contribution is -2.38. The standard InChI is InChI=1S/C13H24N2OS/c1-9(2)6-12-13(16)15(10(3)14-12)7-11-4-5-17-8-11/h9-12,14H,4-8H2,1-3H3. The van der Waals surface area contributed by atoms with Crippen molar-refractivity contribution in [2.45, 2.75) is 45.8 Å². The Morgan fingerprint density at radius 1 is 1.53 bits per heavy atom. The molecule has 1 amide bonds. The Balaban J connectivity index is 1.91. The van der Waals surface area contributed by atoms with E-state index in [0.717, 1.165) is 13.0 Å². The Labute approximate surface area is 109 Å². The van der Waals surface area contributed by atoms with Crippen molar-refractivity contribution in [3.63, 3.8) is 0 Å². The second-order valence-electron chi connectivity index (χ2n) is 5.74. The molecule has 2 rings (SSSR count). The van der Waals surface area contributed by atoms with Crippen molar-refractivity contribution in [1.82, 2.24) is 10.2 Å². The third kappa shape index (κ3) is 3.16. The van der Waals surface area contributed by atoms with Crippen molar-refractivity contribution in [1.29, 1.82) is 0 Å². The molecule has 2 aliphatic rings. The maximum atomic E-state index is 12.3. The van der Waals surface area contributed by atoms with Crippen molar-refractivity contribution in [2.24, 2.45) is 11.8 Å². The number of carbonyl (C=O) groups excluding carboxylic acids is 1. The van der Waals surface area contributed by atoms with Gasteiger partial charge in [-0.05, 0) is 43.1 Å². The molecule has 17 heavy (non-hydrogen) atoms. The Morgan fingerprint density at radius 3 is 2.88 bits per heavy atom. The highest BCUT2D eigenvalue weighted by atomic mass is 32.2. The maximum absolute atomic E-state index is 12.3. The molecule has 0 saturated carbocycles. The quantitative estimate of drug-likeness (QED) is 0.834. The lowest BCUT2D eigenvalue weighted by Gasteiger charge is -2.24. The minimum atomic E-state index is 0.0547. The van der Waals surface area contributed by atoms with Crippen LogP contribution in [-0.2, 0) is 4.79 Å². The summed E-state index contributed by atoms with van der Waals surface area (Å²) in [7, 11) is 0. The topological polar surface area (TPSA) is 32.3 Å². The minimum absolute atomic E-state index is 0.0547. The number of hydrogen-bond acceptors (Lipinski definition) is 3. The Hall–Kier alpha value is -0.220. The van der Waals surface area contributed by atoms with E-state index in [-0.39, 0.29) is 12.2 Å². The number of nitrogens with zero attached hydrogens (tertiary/aromatic N) is 1. The molecule has 0 aromatic heterocycles. The summed E-state index contributed by atoms with van der Waals surface area (Å²) in [6, 6.07) is 0.0547. The first-order valence-corrected chi connectivity index (χ1v) is 7.87. The fraction of sp³-hybridized carbons (Fsp3) is 0.923. The number of thioether (sulfide) groups is 1. The van der Waals surface area contributed by atoms with Crippen LogP contribution in [0.4, 0.5) is 0 Å². The molecular formula is C13H24N2OS. The van der Waals surface area contributed by atoms with Crippen LogP contribution in [0, 0.1) is 11.8 Å². The van der Waals surface area contributed by atoms with Crippen LogP contribution in [0.15, 0.2) is 0 Å². The van der Waals surface area contributed by atoms with Gasteiger partial charge < -0.3 is 4.90 Å². The Morgan fingerprint density at radius 2 is 2.29 bits per heavy atom. The van der Waals surface area contributed by atoms with Gasteiger partial charge in [0.2, 0.25) is 5.91 Å². The van der Waals surface area contributed by atoms with Crippen molar-refractivity contribution in [3.05, 3.63) is 0 Å². The molecule has 3 nitrogen and oxygen atoms in total. The van der Waals surface area contributed by atoms with Crippen LogP contribution >= 0.6 is 11.8 Å². The Kier molecular flexibility index (Phi) is 4.36. The maximum Gasteiger partial charge on any atom is 0.241 e. The van der Waals surface area contributed by atoms with E-state index in [1.165, 1.54) is 17.9 Å². The number of nitrogens with one attached hydrogen (secondary N) is 1. The van der Waals surface area contributed by atoms with Gasteiger partial charge in [0.05, 0.1) is 12.2 Å². The normalized spacial score (nSPS) is 34.0. The predicted octanol–water partition coefficient (Wildman–Crippen LogP) is 1.93. The molecule has 4 heteroatoms. The van der Waals surface area contributed by atoms with Crippen LogP contribution < -0.4 is 5.32 Å². The first-order chi connectivity index (χ1) is 8.08. The number of hydrogen-bond donors (Lipinski definition) is 1. The van der Waals surface area contributed by atoms with Gasteiger partial charge in [0.15, 0.2) is 0 Å². The van der Waals surface area contributed by atoms with Crippen LogP contribution in [0.3, 0.4) is 0 Å². The molecule has 0 aromatic rings. The summed E-state index contributed by atoms with van der Waals surface area (Å²) in [5.41, 5.74) is 0. The monoisotopic (exact) mass is 256 g/mol. The molecule has 0 aliphatic carbocycles. The fourth-order valence-corrected chi connectivity index (χ4v) is 4.01. The second-order valence-corrected chi connectivity index (χ2v) is 6.89. The van der Waals surface area contributed by atoms with Crippen molar-refractivity contribution >= 4 is 17.7 Å². The van der Waals surface area contributed by atoms with Crippen molar-refractivity contribution < 1.29 is 4.79 Å². The summed E-state index contributed by atoms with van der Waals surface area (Å²) in [5.74, 6) is 4.11. The molecule has 3 atom stereocenters. The van der Waals surface area contributed by atoms with Gasteiger partial charge in [-0.2, -0.15) is 11.8 Å². The van der Waals surface area contributed by atoms with Gasteiger partial charge in [0.1, 0.15) is 0 Å². The van der Waals surface area contributed by atoms with E-state index in [1.54, 1.807) is 0 Å². The van der Waals surface area contributed by atoms with E-state index in [4.69, 9.17) is 0 Å². The van der Waals surface area contributed by atoms with Crippen LogP contribution in [-0.4, -0.2) is 41.1 Å². The highest BCUT2D eigenvalue weighted by molar-refractivity contribution is 7.99. The van der Waals surface area contributed by atoms with Gasteiger partial charge in [-0.25, -0.2) is 0 Å². The SMILES string of the molecule is CC(C)CC1NC(C)N(CC2CCSC2)C1=O. The molecular weight excluding hydrogens is 232 g/mol. The van der Waals surface area contributed by atoms with Crippen LogP contribution in [0.2, 0.25) is 0 Å². The van der Waals surface area contributed by atoms with Crippen LogP contribution in [0.1, 0.15) is 33.6 Å². The first kappa shape index (κ1) is 13.2. The van der Waals surface area contributed by atoms with E-state index >= 15 is 0 Å². The molecule has 2 aliphatic heterocycles. The van der Waals surface area contributed by atoms with Gasteiger partial charge in [-0.3, -0.25) is 10.1 Å². The molecule has 0 radical (unpaired) electrons. The van der Waals surface area contributed by atoms with Gasteiger partial charge in [-0.1, -0.05) is 13.8 Å². The minimum Gasteiger partial charge on any atom is -0.326 e. The summed E-state index contributed by atoms with van der Waals surface area (Å²) in [4.78, 5) is 14.4. The van der Waals surface area contributed by atoms with Gasteiger partial charge in [0, 0.05) is 6.54 Å². The first-order valence-electron chi connectivity index (χ1n) is 6.72. The molecule has 0 aromatic carbocycles. The average Bonchev–Trinajstić information content (AvgIpc) is 2.83. The lowest BCUT2D eigenvalue weighted by atomic mass is 10.0. The number of amides is 1. The molecule has 0 bridgehead atoms. The second kappa shape index (κ2) is 5.61. The smallest absolute Gasteiger partial charge is 0.241 e. The third-order valence-electron chi connectivity index (χ3n) is 3.68. The third-order valence-corrected chi connectivity index (χ3v) is 4.91. The molecule has 2 saturated heterocycles. The van der Waals surface area contributed by atoms with Crippen molar-refractivity contribution in [2.75, 3.05) is 18.1 Å². The van der Waals surface area contributed by atoms with Gasteiger partial charge >= 0.3 is 0 Å². The highest BCUT2D eigenvalue weighted by Gasteiger charge is 2.37.